The van der Waals surface area contributed by atoms with Gasteiger partial charge in [0.25, 0.3) is 0 Å². The summed E-state index contributed by atoms with van der Waals surface area (Å²) in [4.78, 5) is 0. The van der Waals surface area contributed by atoms with Crippen LogP contribution in [0.4, 0.5) is 0 Å². The maximum absolute atomic E-state index is 10.8. The molecule has 1 aliphatic rings. The molecule has 0 aliphatic carbocycles. The van der Waals surface area contributed by atoms with E-state index in [4.69, 9.17) is 9.29 Å². The quantitative estimate of drug-likeness (QED) is 0.157. The van der Waals surface area contributed by atoms with Crippen LogP contribution in [-0.2, 0) is 25.8 Å². The topological polar surface area (TPSA) is 166 Å². The summed E-state index contributed by atoms with van der Waals surface area (Å²) in [5.74, 6) is 0. The van der Waals surface area contributed by atoms with E-state index in [2.05, 4.69) is 9.44 Å². The minimum Gasteiger partial charge on any atom is -0.394 e. The fraction of sp³-hybridized carbons (Fsp3) is 0.562. The van der Waals surface area contributed by atoms with Gasteiger partial charge in [-0.15, -0.1) is 0 Å². The summed E-state index contributed by atoms with van der Waals surface area (Å²) in [6.07, 6.45) is -4.29. The summed E-state index contributed by atoms with van der Waals surface area (Å²) in [5, 5.41) is 42.5. The summed E-state index contributed by atoms with van der Waals surface area (Å²) in [5.41, 5.74) is -0.0913. The van der Waals surface area contributed by atoms with E-state index in [-0.39, 0.29) is 11.5 Å². The second kappa shape index (κ2) is 10.5. The number of benzene rings is 1. The second-order valence-corrected chi connectivity index (χ2v) is 8.32. The van der Waals surface area contributed by atoms with Gasteiger partial charge in [0, 0.05) is 0 Å². The summed E-state index contributed by atoms with van der Waals surface area (Å²) < 4.78 is 39.8. The molecule has 5 N–H and O–H groups in total. The van der Waals surface area contributed by atoms with Gasteiger partial charge in [-0.3, -0.25) is 4.55 Å². The van der Waals surface area contributed by atoms with E-state index >= 15 is 0 Å². The Kier molecular flexibility index (Phi) is 8.64. The molecule has 12 heteroatoms. The van der Waals surface area contributed by atoms with Crippen LogP contribution < -0.4 is 0 Å². The number of nitrogens with zero attached hydrogens (tertiary/aromatic N) is 1. The first-order valence-corrected chi connectivity index (χ1v) is 10.7. The molecule has 2 rings (SSSR count). The highest BCUT2D eigenvalue weighted by Gasteiger charge is 2.44. The van der Waals surface area contributed by atoms with Crippen LogP contribution >= 0.6 is 11.8 Å². The number of hydrogen-bond donors (Lipinski definition) is 5. The third kappa shape index (κ3) is 6.97. The van der Waals surface area contributed by atoms with Crippen LogP contribution in [0.25, 0.3) is 0 Å². The predicted molar refractivity (Wildman–Crippen MR) is 101 cm³/mol. The van der Waals surface area contributed by atoms with Crippen molar-refractivity contribution in [3.63, 3.8) is 0 Å². The lowest BCUT2D eigenvalue weighted by molar-refractivity contribution is -0.205. The maximum atomic E-state index is 10.8. The van der Waals surface area contributed by atoms with Gasteiger partial charge < -0.3 is 25.2 Å². The first-order valence-electron chi connectivity index (χ1n) is 8.45. The molecule has 28 heavy (non-hydrogen) atoms. The third-order valence-electron chi connectivity index (χ3n) is 4.03. The second-order valence-electron chi connectivity index (χ2n) is 6.14. The van der Waals surface area contributed by atoms with Crippen LogP contribution in [0.2, 0.25) is 0 Å². The van der Waals surface area contributed by atoms with Crippen LogP contribution in [0.15, 0.2) is 35.5 Å². The number of oxime groups is 1. The molecule has 1 heterocycles. The molecule has 0 saturated carbocycles. The minimum atomic E-state index is -4.82. The van der Waals surface area contributed by atoms with E-state index < -0.39 is 46.9 Å². The normalized spacial score (nSPS) is 28.9. The van der Waals surface area contributed by atoms with Gasteiger partial charge in [0.05, 0.1) is 6.61 Å². The molecule has 1 fully saturated rings. The van der Waals surface area contributed by atoms with Crippen molar-refractivity contribution in [3.05, 3.63) is 35.9 Å². The predicted octanol–water partition coefficient (Wildman–Crippen LogP) is -0.325. The molecular weight excluding hydrogens is 414 g/mol. The molecule has 0 unspecified atom stereocenters. The van der Waals surface area contributed by atoms with E-state index in [1.54, 1.807) is 0 Å². The van der Waals surface area contributed by atoms with Crippen molar-refractivity contribution in [2.45, 2.75) is 49.1 Å². The Morgan fingerprint density at radius 3 is 2.43 bits per heavy atom. The highest BCUT2D eigenvalue weighted by atomic mass is 32.3. The summed E-state index contributed by atoms with van der Waals surface area (Å²) in [7, 11) is -4.82. The number of thioether (sulfide) groups is 1. The lowest BCUT2D eigenvalue weighted by Gasteiger charge is -2.39. The van der Waals surface area contributed by atoms with Gasteiger partial charge in [-0.2, -0.15) is 8.42 Å². The first-order chi connectivity index (χ1) is 13.2. The molecule has 0 aromatic heterocycles. The smallest absolute Gasteiger partial charge is 0.394 e. The number of ether oxygens (including phenoxy) is 1. The van der Waals surface area contributed by atoms with Crippen LogP contribution in [0.5, 0.6) is 0 Å². The molecular formula is C16H23NO9S2. The first kappa shape index (κ1) is 23.0. The number of hydrogen-bond acceptors (Lipinski definition) is 10. The maximum Gasteiger partial charge on any atom is 0.466 e. The largest absolute Gasteiger partial charge is 0.466 e. The Morgan fingerprint density at radius 2 is 1.82 bits per heavy atom. The van der Waals surface area contributed by atoms with E-state index in [0.29, 0.717) is 12.8 Å². The molecule has 1 aromatic carbocycles. The molecule has 0 radical (unpaired) electrons. The van der Waals surface area contributed by atoms with Crippen LogP contribution in [0.1, 0.15) is 18.4 Å². The molecule has 158 valence electrons. The number of aliphatic hydroxyl groups is 4. The summed E-state index contributed by atoms with van der Waals surface area (Å²) in [6.45, 7) is -0.593. The fourth-order valence-electron chi connectivity index (χ4n) is 2.60. The molecule has 1 saturated heterocycles. The zero-order chi connectivity index (χ0) is 20.7. The van der Waals surface area contributed by atoms with Crippen LogP contribution in [-0.4, -0.2) is 74.9 Å². The van der Waals surface area contributed by atoms with Gasteiger partial charge in [0.15, 0.2) is 0 Å². The Morgan fingerprint density at radius 1 is 1.14 bits per heavy atom. The molecule has 5 atom stereocenters. The number of aliphatic hydroxyl groups excluding tert-OH is 4. The Balaban J connectivity index is 2.05. The zero-order valence-electron chi connectivity index (χ0n) is 14.7. The number of rotatable bonds is 8. The van der Waals surface area contributed by atoms with E-state index in [0.717, 1.165) is 17.3 Å². The van der Waals surface area contributed by atoms with Gasteiger partial charge >= 0.3 is 10.4 Å². The van der Waals surface area contributed by atoms with E-state index in [9.17, 15) is 28.8 Å². The van der Waals surface area contributed by atoms with Crippen molar-refractivity contribution in [2.75, 3.05) is 6.61 Å². The highest BCUT2D eigenvalue weighted by molar-refractivity contribution is 8.14. The fourth-order valence-corrected chi connectivity index (χ4v) is 3.94. The van der Waals surface area contributed by atoms with Crippen molar-refractivity contribution >= 4 is 27.2 Å². The SMILES string of the molecule is O=S(=O)(O)ON=C(CCCc1ccccc1)S[C@@H]1O[C@H](CO)[C@@H](O)[C@H](O)[C@H]1O. The van der Waals surface area contributed by atoms with Gasteiger partial charge in [-0.25, -0.2) is 4.28 Å². The average Bonchev–Trinajstić information content (AvgIpc) is 2.66. The van der Waals surface area contributed by atoms with Crippen molar-refractivity contribution in [2.24, 2.45) is 5.16 Å². The van der Waals surface area contributed by atoms with Gasteiger partial charge in [-0.05, 0) is 24.8 Å². The third-order valence-corrected chi connectivity index (χ3v) is 5.47. The molecule has 0 amide bonds. The molecule has 0 bridgehead atoms. The highest BCUT2D eigenvalue weighted by Crippen LogP contribution is 2.30. The van der Waals surface area contributed by atoms with Gasteiger partial charge in [0.1, 0.15) is 34.9 Å². The summed E-state index contributed by atoms with van der Waals surface area (Å²) in [6, 6.07) is 9.50. The van der Waals surface area contributed by atoms with Gasteiger partial charge in [-0.1, -0.05) is 47.2 Å². The van der Waals surface area contributed by atoms with E-state index in [1.807, 2.05) is 30.3 Å². The molecule has 1 aliphatic heterocycles. The lowest BCUT2D eigenvalue weighted by Crippen LogP contribution is -2.57. The van der Waals surface area contributed by atoms with Crippen molar-refractivity contribution in [1.82, 2.24) is 0 Å². The monoisotopic (exact) mass is 437 g/mol. The van der Waals surface area contributed by atoms with Crippen molar-refractivity contribution in [3.8, 4) is 0 Å². The summed E-state index contributed by atoms with van der Waals surface area (Å²) >= 11 is 0.769. The minimum absolute atomic E-state index is 0.0814. The Hall–Kier alpha value is -1.25. The Bertz CT molecular complexity index is 742. The zero-order valence-corrected chi connectivity index (χ0v) is 16.4. The van der Waals surface area contributed by atoms with Crippen molar-refractivity contribution in [1.29, 1.82) is 0 Å². The molecule has 10 nitrogen and oxygen atoms in total. The Labute approximate surface area is 166 Å². The standard InChI is InChI=1S/C16H23NO9S2/c18-9-11-13(19)14(20)15(21)16(25-11)27-12(17-26-28(22,23)24)8-4-7-10-5-2-1-3-6-10/h1-3,5-6,11,13-16,18-21H,4,7-9H2,(H,22,23,24)/t11-,13-,14+,15-,16+/m1/s1. The van der Waals surface area contributed by atoms with E-state index in [1.165, 1.54) is 0 Å². The van der Waals surface area contributed by atoms with Gasteiger partial charge in [0.2, 0.25) is 0 Å². The average molecular weight is 437 g/mol. The molecule has 1 aromatic rings. The molecule has 0 spiro atoms. The van der Waals surface area contributed by atoms with Crippen molar-refractivity contribution < 1.29 is 42.4 Å². The lowest BCUT2D eigenvalue weighted by atomic mass is 10.0. The van der Waals surface area contributed by atoms with Crippen LogP contribution in [0, 0.1) is 0 Å². The van der Waals surface area contributed by atoms with Crippen LogP contribution in [0.3, 0.4) is 0 Å². The number of aryl methyl sites for hydroxylation is 1.